The summed E-state index contributed by atoms with van der Waals surface area (Å²) >= 11 is 1.30. The average Bonchev–Trinajstić information content (AvgIpc) is 3.15. The van der Waals surface area contributed by atoms with E-state index >= 15 is 0 Å². The van der Waals surface area contributed by atoms with Crippen LogP contribution in [0, 0.1) is 6.92 Å². The van der Waals surface area contributed by atoms with Crippen molar-refractivity contribution in [2.75, 3.05) is 11.1 Å². The van der Waals surface area contributed by atoms with Gasteiger partial charge in [-0.15, -0.1) is 11.3 Å². The largest absolute Gasteiger partial charge is 0.301 e. The third-order valence-corrected chi connectivity index (χ3v) is 7.49. The number of fused-ring (bicyclic) bond motifs is 1. The van der Waals surface area contributed by atoms with Crippen molar-refractivity contribution in [1.82, 2.24) is 4.98 Å². The van der Waals surface area contributed by atoms with E-state index in [9.17, 15) is 13.2 Å². The molecule has 1 aromatic heterocycles. The molecule has 29 heavy (non-hydrogen) atoms. The van der Waals surface area contributed by atoms with Crippen LogP contribution >= 0.6 is 11.3 Å². The molecule has 0 spiro atoms. The summed E-state index contributed by atoms with van der Waals surface area (Å²) in [6, 6.07) is 12.9. The predicted molar refractivity (Wildman–Crippen MR) is 116 cm³/mol. The van der Waals surface area contributed by atoms with Gasteiger partial charge in [-0.2, -0.15) is 0 Å². The number of benzene rings is 2. The monoisotopic (exact) mass is 426 g/mol. The lowest BCUT2D eigenvalue weighted by Gasteiger charge is -2.16. The number of aromatic nitrogens is 1. The number of nitrogens with zero attached hydrogens (tertiary/aromatic N) is 1. The molecule has 0 saturated heterocycles. The maximum atomic E-state index is 12.4. The van der Waals surface area contributed by atoms with Crippen molar-refractivity contribution in [2.45, 2.75) is 37.5 Å². The standard InChI is InChI=1S/C22H22N2O3S2/c1-15-6-10-19(11-7-15)29(26,27)14-21(25)24-22-23-20(13-28-22)18-9-8-16-4-2-3-5-17(16)12-18/h6-13H,2-5,14H2,1H3,(H,23,24,25). The van der Waals surface area contributed by atoms with Gasteiger partial charge in [0, 0.05) is 10.9 Å². The van der Waals surface area contributed by atoms with E-state index in [1.54, 1.807) is 12.1 Å². The first-order chi connectivity index (χ1) is 13.9. The lowest BCUT2D eigenvalue weighted by molar-refractivity contribution is -0.113. The molecule has 0 fully saturated rings. The van der Waals surface area contributed by atoms with Gasteiger partial charge < -0.3 is 5.32 Å². The fourth-order valence-electron chi connectivity index (χ4n) is 3.51. The maximum absolute atomic E-state index is 12.4. The fraction of sp³-hybridized carbons (Fsp3) is 0.273. The summed E-state index contributed by atoms with van der Waals surface area (Å²) in [5.41, 5.74) is 5.56. The van der Waals surface area contributed by atoms with Gasteiger partial charge >= 0.3 is 0 Å². The highest BCUT2D eigenvalue weighted by molar-refractivity contribution is 7.92. The lowest BCUT2D eigenvalue weighted by Crippen LogP contribution is -2.23. The summed E-state index contributed by atoms with van der Waals surface area (Å²) in [4.78, 5) is 16.9. The third-order valence-electron chi connectivity index (χ3n) is 5.10. The van der Waals surface area contributed by atoms with Crippen LogP contribution in [0.25, 0.3) is 11.3 Å². The van der Waals surface area contributed by atoms with Gasteiger partial charge in [-0.05, 0) is 61.9 Å². The molecule has 5 nitrogen and oxygen atoms in total. The zero-order chi connectivity index (χ0) is 20.4. The first-order valence-corrected chi connectivity index (χ1v) is 12.1. The van der Waals surface area contributed by atoms with Crippen LogP contribution in [0.5, 0.6) is 0 Å². The highest BCUT2D eigenvalue weighted by Gasteiger charge is 2.20. The van der Waals surface area contributed by atoms with E-state index in [4.69, 9.17) is 0 Å². The van der Waals surface area contributed by atoms with Crippen LogP contribution in [-0.4, -0.2) is 25.1 Å². The Bertz CT molecular complexity index is 1150. The quantitative estimate of drug-likeness (QED) is 0.656. The zero-order valence-corrected chi connectivity index (χ0v) is 17.8. The minimum absolute atomic E-state index is 0.145. The number of rotatable bonds is 5. The van der Waals surface area contributed by atoms with Gasteiger partial charge in [0.2, 0.25) is 5.91 Å². The molecule has 7 heteroatoms. The molecule has 1 N–H and O–H groups in total. The minimum atomic E-state index is -3.69. The van der Waals surface area contributed by atoms with Crippen molar-refractivity contribution < 1.29 is 13.2 Å². The third kappa shape index (κ3) is 4.57. The van der Waals surface area contributed by atoms with Gasteiger partial charge in [0.05, 0.1) is 10.6 Å². The van der Waals surface area contributed by atoms with Gasteiger partial charge in [-0.25, -0.2) is 13.4 Å². The average molecular weight is 427 g/mol. The van der Waals surface area contributed by atoms with Gasteiger partial charge in [-0.3, -0.25) is 4.79 Å². The predicted octanol–water partition coefficient (Wildman–Crippen LogP) is 4.41. The van der Waals surface area contributed by atoms with Crippen molar-refractivity contribution in [1.29, 1.82) is 0 Å². The van der Waals surface area contributed by atoms with Crippen LogP contribution in [0.15, 0.2) is 52.7 Å². The van der Waals surface area contributed by atoms with Crippen molar-refractivity contribution >= 4 is 32.2 Å². The lowest BCUT2D eigenvalue weighted by atomic mass is 9.90. The summed E-state index contributed by atoms with van der Waals surface area (Å²) in [7, 11) is -3.69. The van der Waals surface area contributed by atoms with E-state index in [2.05, 4.69) is 28.5 Å². The van der Waals surface area contributed by atoms with Crippen LogP contribution in [-0.2, 0) is 27.5 Å². The normalized spacial score (nSPS) is 13.7. The number of aryl methyl sites for hydroxylation is 3. The number of hydrogen-bond acceptors (Lipinski definition) is 5. The Morgan fingerprint density at radius 1 is 1.07 bits per heavy atom. The summed E-state index contributed by atoms with van der Waals surface area (Å²) in [5.74, 6) is -1.19. The molecule has 0 saturated carbocycles. The highest BCUT2D eigenvalue weighted by Crippen LogP contribution is 2.29. The SMILES string of the molecule is Cc1ccc(S(=O)(=O)CC(=O)Nc2nc(-c3ccc4c(c3)CCCC4)cs2)cc1. The van der Waals surface area contributed by atoms with E-state index in [0.29, 0.717) is 5.13 Å². The van der Waals surface area contributed by atoms with Crippen molar-refractivity contribution in [2.24, 2.45) is 0 Å². The number of carbonyl (C=O) groups is 1. The van der Waals surface area contributed by atoms with Crippen molar-refractivity contribution in [3.05, 3.63) is 64.5 Å². The molecule has 1 heterocycles. The Labute approximate surface area is 174 Å². The molecular formula is C22H22N2O3S2. The first kappa shape index (κ1) is 19.8. The smallest absolute Gasteiger partial charge is 0.241 e. The maximum Gasteiger partial charge on any atom is 0.241 e. The number of carbonyl (C=O) groups excluding carboxylic acids is 1. The topological polar surface area (TPSA) is 76.1 Å². The second-order valence-corrected chi connectivity index (χ2v) is 10.2. The van der Waals surface area contributed by atoms with Crippen LogP contribution < -0.4 is 5.32 Å². The molecule has 1 aliphatic carbocycles. The van der Waals surface area contributed by atoms with Crippen LogP contribution in [0.3, 0.4) is 0 Å². The van der Waals surface area contributed by atoms with Gasteiger partial charge in [-0.1, -0.05) is 29.8 Å². The van der Waals surface area contributed by atoms with E-state index in [1.807, 2.05) is 12.3 Å². The second-order valence-electron chi connectivity index (χ2n) is 7.35. The summed E-state index contributed by atoms with van der Waals surface area (Å²) < 4.78 is 24.9. The molecule has 1 aliphatic rings. The van der Waals surface area contributed by atoms with Gasteiger partial charge in [0.25, 0.3) is 0 Å². The molecular weight excluding hydrogens is 404 g/mol. The number of sulfone groups is 1. The number of thiazole rings is 1. The van der Waals surface area contributed by atoms with Gasteiger partial charge in [0.15, 0.2) is 15.0 Å². The molecule has 150 valence electrons. The van der Waals surface area contributed by atoms with E-state index in [-0.39, 0.29) is 4.90 Å². The molecule has 3 aromatic rings. The molecule has 0 unspecified atom stereocenters. The van der Waals surface area contributed by atoms with Gasteiger partial charge in [0.1, 0.15) is 5.75 Å². The molecule has 0 bridgehead atoms. The Kier molecular flexibility index (Phi) is 5.52. The van der Waals surface area contributed by atoms with E-state index in [1.165, 1.54) is 47.4 Å². The Morgan fingerprint density at radius 3 is 2.55 bits per heavy atom. The Hall–Kier alpha value is -2.51. The summed E-state index contributed by atoms with van der Waals surface area (Å²) in [6.07, 6.45) is 4.67. The highest BCUT2D eigenvalue weighted by atomic mass is 32.2. The number of anilines is 1. The first-order valence-electron chi connectivity index (χ1n) is 9.58. The number of nitrogens with one attached hydrogen (secondary N) is 1. The van der Waals surface area contributed by atoms with Crippen molar-refractivity contribution in [3.63, 3.8) is 0 Å². The Morgan fingerprint density at radius 2 is 1.79 bits per heavy atom. The molecule has 0 aliphatic heterocycles. The van der Waals surface area contributed by atoms with Crippen LogP contribution in [0.1, 0.15) is 29.5 Å². The second kappa shape index (κ2) is 8.08. The fourth-order valence-corrected chi connectivity index (χ4v) is 5.38. The number of hydrogen-bond donors (Lipinski definition) is 1. The van der Waals surface area contributed by atoms with E-state index < -0.39 is 21.5 Å². The molecule has 4 rings (SSSR count). The molecule has 0 radical (unpaired) electrons. The molecule has 0 atom stereocenters. The van der Waals surface area contributed by atoms with Crippen LogP contribution in [0.2, 0.25) is 0 Å². The van der Waals surface area contributed by atoms with Crippen LogP contribution in [0.4, 0.5) is 5.13 Å². The molecule has 1 amide bonds. The van der Waals surface area contributed by atoms with Crippen molar-refractivity contribution in [3.8, 4) is 11.3 Å². The Balaban J connectivity index is 1.45. The zero-order valence-electron chi connectivity index (χ0n) is 16.1. The van der Waals surface area contributed by atoms with E-state index in [0.717, 1.165) is 29.7 Å². The summed E-state index contributed by atoms with van der Waals surface area (Å²) in [5, 5.41) is 4.91. The summed E-state index contributed by atoms with van der Waals surface area (Å²) in [6.45, 7) is 1.88. The minimum Gasteiger partial charge on any atom is -0.301 e. The molecule has 2 aromatic carbocycles. The number of amides is 1.